The van der Waals surface area contributed by atoms with E-state index in [0.29, 0.717) is 24.4 Å². The molecule has 4 fully saturated rings. The fourth-order valence-electron chi connectivity index (χ4n) is 0.665. The van der Waals surface area contributed by atoms with E-state index >= 15 is 0 Å². The van der Waals surface area contributed by atoms with Crippen molar-refractivity contribution in [2.24, 2.45) is 0 Å². The average Bonchev–Trinajstić information content (AvgIpc) is 3.29. The molecular formula is C12H20O4S4Zr. The third kappa shape index (κ3) is 13.1. The van der Waals surface area contributed by atoms with E-state index in [1.54, 1.807) is 0 Å². The summed E-state index contributed by atoms with van der Waals surface area (Å²) in [6.45, 7) is 7.88. The molecule has 4 aliphatic heterocycles. The second-order valence-corrected chi connectivity index (χ2v) is 6.70. The molecule has 4 nitrogen and oxygen atoms in total. The zero-order valence-corrected chi connectivity index (χ0v) is 18.1. The third-order valence-corrected chi connectivity index (χ3v) is 4.60. The molecule has 0 saturated carbocycles. The van der Waals surface area contributed by atoms with E-state index < -0.39 is 0 Å². The Labute approximate surface area is 168 Å². The summed E-state index contributed by atoms with van der Waals surface area (Å²) < 4.78 is 18.9. The third-order valence-electron chi connectivity index (χ3n) is 2.62. The number of ether oxygens (including phenoxy) is 4. The van der Waals surface area contributed by atoms with Crippen molar-refractivity contribution in [3.8, 4) is 0 Å². The molecule has 0 aromatic carbocycles. The molecule has 4 aliphatic rings. The fraction of sp³-hybridized carbons (Fsp3) is 1.00. The standard InChI is InChI=1S/4C3H6OS.Zr/c4*1-2-3(5)4-2;/h4*2-3,5H,1H3;/q;;;;+4/p-4. The molecule has 4 heterocycles. The summed E-state index contributed by atoms with van der Waals surface area (Å²) in [6, 6.07) is 0. The van der Waals surface area contributed by atoms with Crippen LogP contribution in [0.5, 0.6) is 0 Å². The van der Waals surface area contributed by atoms with Crippen molar-refractivity contribution in [1.29, 1.82) is 0 Å². The van der Waals surface area contributed by atoms with Crippen LogP contribution in [0.4, 0.5) is 0 Å². The predicted molar refractivity (Wildman–Crippen MR) is 86.8 cm³/mol. The van der Waals surface area contributed by atoms with Gasteiger partial charge in [0.05, 0.1) is 24.4 Å². The van der Waals surface area contributed by atoms with Gasteiger partial charge in [0.1, 0.15) is 0 Å². The normalized spacial score (nSPS) is 46.9. The maximum atomic E-state index is 4.73. The monoisotopic (exact) mass is 446 g/mol. The van der Waals surface area contributed by atoms with Gasteiger partial charge in [-0.3, -0.25) is 0 Å². The molecule has 4 rings (SSSR count). The van der Waals surface area contributed by atoms with Crippen LogP contribution in [0.1, 0.15) is 27.7 Å². The van der Waals surface area contributed by atoms with Gasteiger partial charge in [0.2, 0.25) is 0 Å². The number of epoxide rings is 4. The molecule has 9 heteroatoms. The van der Waals surface area contributed by atoms with Gasteiger partial charge in [0.25, 0.3) is 0 Å². The van der Waals surface area contributed by atoms with E-state index in [1.165, 1.54) is 0 Å². The first kappa shape index (κ1) is 23.1. The molecule has 120 valence electrons. The zero-order valence-electron chi connectivity index (χ0n) is 12.4. The van der Waals surface area contributed by atoms with Crippen molar-refractivity contribution in [1.82, 2.24) is 0 Å². The largest absolute Gasteiger partial charge is 4.00 e. The van der Waals surface area contributed by atoms with E-state index in [4.69, 9.17) is 18.9 Å². The quantitative estimate of drug-likeness (QED) is 0.404. The fourth-order valence-corrected chi connectivity index (χ4v) is 1.37. The first-order valence-electron chi connectivity index (χ1n) is 6.47. The summed E-state index contributed by atoms with van der Waals surface area (Å²) in [7, 11) is 0. The molecule has 0 aromatic rings. The summed E-state index contributed by atoms with van der Waals surface area (Å²) in [5, 5.41) is 0. The van der Waals surface area contributed by atoms with Gasteiger partial charge >= 0.3 is 26.2 Å². The Balaban J connectivity index is 0.000000250. The molecule has 8 unspecified atom stereocenters. The minimum Gasteiger partial charge on any atom is -0.759 e. The van der Waals surface area contributed by atoms with Crippen LogP contribution in [0.15, 0.2) is 0 Å². The van der Waals surface area contributed by atoms with Crippen LogP contribution < -0.4 is 0 Å². The Morgan fingerprint density at radius 3 is 0.524 bits per heavy atom. The Hall–Kier alpha value is 2.12. The number of hydrogen-bond donors (Lipinski definition) is 0. The minimum atomic E-state index is 0. The van der Waals surface area contributed by atoms with Gasteiger partial charge in [-0.1, -0.05) is 0 Å². The van der Waals surface area contributed by atoms with Crippen molar-refractivity contribution in [3.05, 3.63) is 0 Å². The topological polar surface area (TPSA) is 50.1 Å². The molecule has 0 spiro atoms. The van der Waals surface area contributed by atoms with Gasteiger partial charge in [-0.15, -0.1) is 0 Å². The molecule has 8 atom stereocenters. The Bertz CT molecular complexity index is 222. The maximum Gasteiger partial charge on any atom is 4.00 e. The van der Waals surface area contributed by atoms with Crippen molar-refractivity contribution in [2.75, 3.05) is 0 Å². The SMILES string of the molecule is CC1OC1[S-].CC1OC1[S-].CC1OC1[S-].CC1OC1[S-].[Zr+4]. The summed E-state index contributed by atoms with van der Waals surface area (Å²) in [6.07, 6.45) is 1.46. The van der Waals surface area contributed by atoms with E-state index in [2.05, 4.69) is 50.5 Å². The number of hydrogen-bond acceptors (Lipinski definition) is 8. The Morgan fingerprint density at radius 2 is 0.524 bits per heavy atom. The van der Waals surface area contributed by atoms with Crippen molar-refractivity contribution >= 4 is 50.5 Å². The van der Waals surface area contributed by atoms with Crippen LogP contribution in [0.3, 0.4) is 0 Å². The van der Waals surface area contributed by atoms with E-state index in [1.807, 2.05) is 27.7 Å². The van der Waals surface area contributed by atoms with Gasteiger partial charge in [0, 0.05) is 0 Å². The number of rotatable bonds is 0. The Kier molecular flexibility index (Phi) is 12.0. The van der Waals surface area contributed by atoms with Crippen LogP contribution in [0, 0.1) is 0 Å². The van der Waals surface area contributed by atoms with Gasteiger partial charge < -0.3 is 69.5 Å². The summed E-state index contributed by atoms with van der Waals surface area (Å²) in [5.74, 6) is 0. The predicted octanol–water partition coefficient (Wildman–Crippen LogP) is 1.11. The molecule has 0 aromatic heterocycles. The van der Waals surface area contributed by atoms with Gasteiger partial charge in [-0.05, 0) is 49.4 Å². The van der Waals surface area contributed by atoms with Crippen molar-refractivity contribution < 1.29 is 45.2 Å². The van der Waals surface area contributed by atoms with Crippen LogP contribution in [0.2, 0.25) is 0 Å². The smallest absolute Gasteiger partial charge is 0.759 e. The summed E-state index contributed by atoms with van der Waals surface area (Å²) in [5.41, 5.74) is 0.537. The summed E-state index contributed by atoms with van der Waals surface area (Å²) >= 11 is 18.5. The maximum absolute atomic E-state index is 4.73. The first-order valence-corrected chi connectivity index (χ1v) is 8.36. The van der Waals surface area contributed by atoms with Crippen LogP contribution in [0.25, 0.3) is 0 Å². The van der Waals surface area contributed by atoms with Crippen molar-refractivity contribution in [2.45, 2.75) is 73.9 Å². The van der Waals surface area contributed by atoms with Crippen LogP contribution >= 0.6 is 0 Å². The van der Waals surface area contributed by atoms with Gasteiger partial charge in [-0.25, -0.2) is 0 Å². The minimum absolute atomic E-state index is 0. The zero-order chi connectivity index (χ0) is 15.4. The first-order chi connectivity index (χ1) is 9.22. The molecule has 21 heavy (non-hydrogen) atoms. The van der Waals surface area contributed by atoms with Crippen molar-refractivity contribution in [3.63, 3.8) is 0 Å². The molecule has 4 saturated heterocycles. The Morgan fingerprint density at radius 1 is 0.476 bits per heavy atom. The molecular weight excluding hydrogens is 428 g/mol. The average molecular weight is 448 g/mol. The second-order valence-electron chi connectivity index (χ2n) is 4.84. The van der Waals surface area contributed by atoms with E-state index in [0.717, 1.165) is 0 Å². The van der Waals surface area contributed by atoms with E-state index in [-0.39, 0.29) is 47.9 Å². The molecule has 0 radical (unpaired) electrons. The van der Waals surface area contributed by atoms with Gasteiger partial charge in [0.15, 0.2) is 0 Å². The van der Waals surface area contributed by atoms with Crippen LogP contribution in [-0.4, -0.2) is 46.2 Å². The molecule has 0 amide bonds. The summed E-state index contributed by atoms with van der Waals surface area (Å²) in [4.78, 5) is 0. The second kappa shape index (κ2) is 10.9. The van der Waals surface area contributed by atoms with E-state index in [9.17, 15) is 0 Å². The van der Waals surface area contributed by atoms with Gasteiger partial charge in [-0.2, -0.15) is 0 Å². The molecule has 0 aliphatic carbocycles. The van der Waals surface area contributed by atoms with Crippen LogP contribution in [-0.2, 0) is 95.7 Å². The molecule has 0 bridgehead atoms. The molecule has 0 N–H and O–H groups in total.